The molecule has 2 aromatic carbocycles. The summed E-state index contributed by atoms with van der Waals surface area (Å²) in [6.07, 6.45) is 0.456. The lowest BCUT2D eigenvalue weighted by atomic mass is 10.2. The van der Waals surface area contributed by atoms with Crippen molar-refractivity contribution in [3.8, 4) is 0 Å². The van der Waals surface area contributed by atoms with Gasteiger partial charge in [0.25, 0.3) is 5.91 Å². The molecule has 3 amide bonds. The lowest BCUT2D eigenvalue weighted by Crippen LogP contribution is -2.32. The summed E-state index contributed by atoms with van der Waals surface area (Å²) in [5, 5.41) is 7.56. The van der Waals surface area contributed by atoms with Crippen molar-refractivity contribution in [1.29, 1.82) is 0 Å². The Balaban J connectivity index is 1.67. The van der Waals surface area contributed by atoms with Crippen molar-refractivity contribution >= 4 is 29.2 Å². The molecule has 0 radical (unpaired) electrons. The van der Waals surface area contributed by atoms with Gasteiger partial charge in [-0.15, -0.1) is 0 Å². The number of benzene rings is 2. The molecule has 0 unspecified atom stereocenters. The molecular formula is C17H16ClF2N3O2. The third kappa shape index (κ3) is 5.72. The summed E-state index contributed by atoms with van der Waals surface area (Å²) in [7, 11) is 0. The van der Waals surface area contributed by atoms with E-state index in [9.17, 15) is 18.4 Å². The number of anilines is 1. The van der Waals surface area contributed by atoms with E-state index < -0.39 is 23.6 Å². The Morgan fingerprint density at radius 3 is 2.40 bits per heavy atom. The van der Waals surface area contributed by atoms with Crippen molar-refractivity contribution in [1.82, 2.24) is 10.6 Å². The molecule has 0 aliphatic rings. The minimum atomic E-state index is -0.588. The van der Waals surface area contributed by atoms with Crippen LogP contribution in [0.25, 0.3) is 0 Å². The molecule has 5 nitrogen and oxygen atoms in total. The van der Waals surface area contributed by atoms with Gasteiger partial charge in [-0.2, -0.15) is 0 Å². The summed E-state index contributed by atoms with van der Waals surface area (Å²) in [5.74, 6) is -1.67. The molecule has 132 valence electrons. The summed E-state index contributed by atoms with van der Waals surface area (Å²) >= 11 is 5.62. The Morgan fingerprint density at radius 2 is 1.68 bits per heavy atom. The van der Waals surface area contributed by atoms with E-state index in [0.29, 0.717) is 12.1 Å². The molecule has 2 rings (SSSR count). The number of hydrogen-bond acceptors (Lipinski definition) is 2. The molecule has 0 saturated heterocycles. The van der Waals surface area contributed by atoms with Crippen LogP contribution in [-0.4, -0.2) is 25.0 Å². The molecule has 25 heavy (non-hydrogen) atoms. The van der Waals surface area contributed by atoms with Crippen LogP contribution >= 0.6 is 11.6 Å². The first-order chi connectivity index (χ1) is 12.0. The molecule has 0 aromatic heterocycles. The first kappa shape index (κ1) is 18.7. The molecule has 0 aliphatic carbocycles. The maximum atomic E-state index is 13.4. The van der Waals surface area contributed by atoms with Crippen LogP contribution in [0.3, 0.4) is 0 Å². The third-order valence-electron chi connectivity index (χ3n) is 3.22. The minimum Gasteiger partial charge on any atom is -0.352 e. The molecule has 0 heterocycles. The Bertz CT molecular complexity index is 771. The highest BCUT2D eigenvalue weighted by Gasteiger charge is 2.09. The first-order valence-electron chi connectivity index (χ1n) is 7.50. The van der Waals surface area contributed by atoms with E-state index >= 15 is 0 Å². The largest absolute Gasteiger partial charge is 0.352 e. The van der Waals surface area contributed by atoms with Gasteiger partial charge in [0.1, 0.15) is 11.6 Å². The van der Waals surface area contributed by atoms with Crippen LogP contribution in [0.2, 0.25) is 5.02 Å². The predicted molar refractivity (Wildman–Crippen MR) is 91.8 cm³/mol. The summed E-state index contributed by atoms with van der Waals surface area (Å²) in [4.78, 5) is 23.4. The number of rotatable bonds is 6. The van der Waals surface area contributed by atoms with E-state index in [1.807, 2.05) is 0 Å². The molecule has 0 fully saturated rings. The smallest absolute Gasteiger partial charge is 0.319 e. The Labute approximate surface area is 148 Å². The zero-order valence-corrected chi connectivity index (χ0v) is 13.9. The summed E-state index contributed by atoms with van der Waals surface area (Å²) < 4.78 is 26.4. The fraction of sp³-hybridized carbons (Fsp3) is 0.176. The minimum absolute atomic E-state index is 0.0265. The van der Waals surface area contributed by atoms with Crippen molar-refractivity contribution < 1.29 is 18.4 Å². The summed E-state index contributed by atoms with van der Waals surface area (Å²) in [6, 6.07) is 9.03. The number of carbonyl (C=O) groups is 2. The Hall–Kier alpha value is -2.67. The van der Waals surface area contributed by atoms with Gasteiger partial charge in [0.2, 0.25) is 0 Å². The van der Waals surface area contributed by atoms with E-state index in [1.54, 1.807) is 6.07 Å². The van der Waals surface area contributed by atoms with E-state index in [-0.39, 0.29) is 23.7 Å². The number of urea groups is 1. The fourth-order valence-electron chi connectivity index (χ4n) is 1.98. The van der Waals surface area contributed by atoms with Gasteiger partial charge < -0.3 is 16.0 Å². The van der Waals surface area contributed by atoms with E-state index in [2.05, 4.69) is 16.0 Å². The third-order valence-corrected chi connectivity index (χ3v) is 3.51. The van der Waals surface area contributed by atoms with Crippen LogP contribution in [0.4, 0.5) is 19.3 Å². The zero-order valence-electron chi connectivity index (χ0n) is 13.1. The van der Waals surface area contributed by atoms with E-state index in [0.717, 1.165) is 6.07 Å². The first-order valence-corrected chi connectivity index (χ1v) is 7.88. The van der Waals surface area contributed by atoms with Crippen molar-refractivity contribution in [2.24, 2.45) is 0 Å². The predicted octanol–water partition coefficient (Wildman–Crippen LogP) is 3.56. The van der Waals surface area contributed by atoms with Gasteiger partial charge in [-0.1, -0.05) is 23.7 Å². The van der Waals surface area contributed by atoms with Crippen LogP contribution in [0.5, 0.6) is 0 Å². The topological polar surface area (TPSA) is 70.2 Å². The van der Waals surface area contributed by atoms with Crippen molar-refractivity contribution in [2.45, 2.75) is 6.42 Å². The van der Waals surface area contributed by atoms with Crippen LogP contribution in [-0.2, 0) is 0 Å². The molecule has 0 bridgehead atoms. The number of halogens is 3. The molecule has 0 atom stereocenters. The van der Waals surface area contributed by atoms with Gasteiger partial charge in [-0.05, 0) is 36.8 Å². The van der Waals surface area contributed by atoms with Gasteiger partial charge in [-0.3, -0.25) is 4.79 Å². The summed E-state index contributed by atoms with van der Waals surface area (Å²) in [6.45, 7) is 0.564. The SMILES string of the molecule is O=C(NCCCNC(=O)c1ccccc1F)Nc1ccc(F)c(Cl)c1. The average molecular weight is 368 g/mol. The molecule has 0 aliphatic heterocycles. The van der Waals surface area contributed by atoms with Crippen molar-refractivity contribution in [3.05, 3.63) is 64.7 Å². The van der Waals surface area contributed by atoms with Gasteiger partial charge in [0, 0.05) is 18.8 Å². The van der Waals surface area contributed by atoms with Gasteiger partial charge >= 0.3 is 6.03 Å². The number of hydrogen-bond donors (Lipinski definition) is 3. The maximum Gasteiger partial charge on any atom is 0.319 e. The standard InChI is InChI=1S/C17H16ClF2N3O2/c18-13-10-11(6-7-15(13)20)23-17(25)22-9-3-8-21-16(24)12-4-1-2-5-14(12)19/h1-2,4-7,10H,3,8-9H2,(H,21,24)(H2,22,23,25). The normalized spacial score (nSPS) is 10.2. The van der Waals surface area contributed by atoms with Crippen LogP contribution < -0.4 is 16.0 Å². The quantitative estimate of drug-likeness (QED) is 0.683. The van der Waals surface area contributed by atoms with Gasteiger partial charge in [-0.25, -0.2) is 13.6 Å². The molecule has 2 aromatic rings. The van der Waals surface area contributed by atoms with E-state index in [1.165, 1.54) is 30.3 Å². The highest BCUT2D eigenvalue weighted by molar-refractivity contribution is 6.31. The Kier molecular flexibility index (Phi) is 6.71. The number of nitrogens with one attached hydrogen (secondary N) is 3. The number of amides is 3. The van der Waals surface area contributed by atoms with E-state index in [4.69, 9.17) is 11.6 Å². The molecule has 0 spiro atoms. The second-order valence-electron chi connectivity index (χ2n) is 5.10. The highest BCUT2D eigenvalue weighted by atomic mass is 35.5. The van der Waals surface area contributed by atoms with Crippen molar-refractivity contribution in [3.63, 3.8) is 0 Å². The van der Waals surface area contributed by atoms with Crippen LogP contribution in [0.15, 0.2) is 42.5 Å². The lowest BCUT2D eigenvalue weighted by Gasteiger charge is -2.09. The van der Waals surface area contributed by atoms with Crippen LogP contribution in [0, 0.1) is 11.6 Å². The average Bonchev–Trinajstić information content (AvgIpc) is 2.58. The lowest BCUT2D eigenvalue weighted by molar-refractivity contribution is 0.0949. The highest BCUT2D eigenvalue weighted by Crippen LogP contribution is 2.19. The number of carbonyl (C=O) groups excluding carboxylic acids is 2. The van der Waals surface area contributed by atoms with Gasteiger partial charge in [0.05, 0.1) is 10.6 Å². The Morgan fingerprint density at radius 1 is 0.960 bits per heavy atom. The molecule has 3 N–H and O–H groups in total. The second kappa shape index (κ2) is 8.98. The molecule has 0 saturated carbocycles. The maximum absolute atomic E-state index is 13.4. The van der Waals surface area contributed by atoms with Crippen molar-refractivity contribution in [2.75, 3.05) is 18.4 Å². The fourth-order valence-corrected chi connectivity index (χ4v) is 2.16. The molecule has 8 heteroatoms. The monoisotopic (exact) mass is 367 g/mol. The molecular weight excluding hydrogens is 352 g/mol. The zero-order chi connectivity index (χ0) is 18.2. The summed E-state index contributed by atoms with van der Waals surface area (Å²) in [5.41, 5.74) is 0.332. The van der Waals surface area contributed by atoms with Gasteiger partial charge in [0.15, 0.2) is 0 Å². The second-order valence-corrected chi connectivity index (χ2v) is 5.51. The van der Waals surface area contributed by atoms with Crippen LogP contribution in [0.1, 0.15) is 16.8 Å².